The molecule has 134 valence electrons. The smallest absolute Gasteiger partial charge is 0.416 e. The van der Waals surface area contributed by atoms with Gasteiger partial charge in [0.05, 0.1) is 30.8 Å². The minimum atomic E-state index is -4.39. The van der Waals surface area contributed by atoms with Crippen LogP contribution in [-0.2, 0) is 12.7 Å². The lowest BCUT2D eigenvalue weighted by atomic mass is 10.2. The van der Waals surface area contributed by atoms with E-state index < -0.39 is 17.6 Å². The number of nitrogens with one attached hydrogen (secondary N) is 2. The Morgan fingerprint density at radius 2 is 1.85 bits per heavy atom. The van der Waals surface area contributed by atoms with Crippen LogP contribution in [-0.4, -0.2) is 15.9 Å². The quantitative estimate of drug-likeness (QED) is 0.722. The first-order chi connectivity index (χ1) is 12.4. The lowest BCUT2D eigenvalue weighted by Gasteiger charge is -2.09. The van der Waals surface area contributed by atoms with Crippen LogP contribution >= 0.6 is 0 Å². The molecule has 2 aromatic heterocycles. The average molecular weight is 362 g/mol. The fraction of sp³-hybridized carbons (Fsp3) is 0.118. The van der Waals surface area contributed by atoms with Crippen molar-refractivity contribution in [2.75, 3.05) is 5.32 Å². The zero-order valence-corrected chi connectivity index (χ0v) is 13.2. The molecule has 0 atom stereocenters. The van der Waals surface area contributed by atoms with E-state index in [2.05, 4.69) is 20.6 Å². The number of furan rings is 1. The number of carbonyl (C=O) groups is 1. The zero-order valence-electron chi connectivity index (χ0n) is 13.2. The summed E-state index contributed by atoms with van der Waals surface area (Å²) in [5.41, 5.74) is -0.213. The zero-order chi connectivity index (χ0) is 18.6. The molecule has 0 saturated heterocycles. The fourth-order valence-electron chi connectivity index (χ4n) is 2.07. The van der Waals surface area contributed by atoms with Crippen molar-refractivity contribution in [1.29, 1.82) is 0 Å². The molecule has 6 nitrogen and oxygen atoms in total. The van der Waals surface area contributed by atoms with Gasteiger partial charge in [0.15, 0.2) is 0 Å². The molecule has 0 bridgehead atoms. The third kappa shape index (κ3) is 4.38. The van der Waals surface area contributed by atoms with Gasteiger partial charge >= 0.3 is 6.18 Å². The van der Waals surface area contributed by atoms with Crippen molar-refractivity contribution in [3.05, 3.63) is 72.1 Å². The van der Waals surface area contributed by atoms with Crippen molar-refractivity contribution in [2.45, 2.75) is 12.7 Å². The van der Waals surface area contributed by atoms with Crippen LogP contribution in [0.2, 0.25) is 0 Å². The molecule has 1 amide bonds. The Balaban J connectivity index is 1.59. The molecule has 9 heteroatoms. The van der Waals surface area contributed by atoms with Gasteiger partial charge in [0, 0.05) is 5.69 Å². The van der Waals surface area contributed by atoms with E-state index in [0.717, 1.165) is 12.1 Å². The molecular weight excluding hydrogens is 349 g/mol. The van der Waals surface area contributed by atoms with E-state index in [-0.39, 0.29) is 12.2 Å². The van der Waals surface area contributed by atoms with Crippen molar-refractivity contribution >= 4 is 17.4 Å². The van der Waals surface area contributed by atoms with Crippen LogP contribution in [0.15, 0.2) is 59.5 Å². The van der Waals surface area contributed by atoms with Crippen LogP contribution in [0.25, 0.3) is 0 Å². The van der Waals surface area contributed by atoms with Crippen molar-refractivity contribution in [1.82, 2.24) is 15.3 Å². The highest BCUT2D eigenvalue weighted by atomic mass is 19.4. The molecule has 2 N–H and O–H groups in total. The van der Waals surface area contributed by atoms with Crippen molar-refractivity contribution in [2.24, 2.45) is 0 Å². The van der Waals surface area contributed by atoms with Crippen molar-refractivity contribution in [3.63, 3.8) is 0 Å². The summed E-state index contributed by atoms with van der Waals surface area (Å²) >= 11 is 0. The highest BCUT2D eigenvalue weighted by Crippen LogP contribution is 2.30. The molecule has 0 aliphatic carbocycles. The molecule has 1 aromatic carbocycles. The molecule has 3 rings (SSSR count). The number of hydrogen-bond acceptors (Lipinski definition) is 5. The van der Waals surface area contributed by atoms with Crippen molar-refractivity contribution in [3.8, 4) is 0 Å². The lowest BCUT2D eigenvalue weighted by Crippen LogP contribution is -2.23. The molecule has 0 spiro atoms. The third-order valence-electron chi connectivity index (χ3n) is 3.37. The summed E-state index contributed by atoms with van der Waals surface area (Å²) in [5, 5.41) is 5.44. The van der Waals surface area contributed by atoms with E-state index in [1.54, 1.807) is 12.1 Å². The number of rotatable bonds is 5. The first-order valence-electron chi connectivity index (χ1n) is 7.49. The number of hydrogen-bond donors (Lipinski definition) is 2. The Hall–Kier alpha value is -3.36. The highest BCUT2D eigenvalue weighted by molar-refractivity contribution is 5.91. The van der Waals surface area contributed by atoms with Crippen molar-refractivity contribution < 1.29 is 22.4 Å². The van der Waals surface area contributed by atoms with Gasteiger partial charge in [-0.15, -0.1) is 0 Å². The van der Waals surface area contributed by atoms with Gasteiger partial charge < -0.3 is 15.1 Å². The van der Waals surface area contributed by atoms with Crippen LogP contribution < -0.4 is 10.6 Å². The third-order valence-corrected chi connectivity index (χ3v) is 3.37. The van der Waals surface area contributed by atoms with E-state index in [4.69, 9.17) is 4.42 Å². The minimum Gasteiger partial charge on any atom is -0.467 e. The summed E-state index contributed by atoms with van der Waals surface area (Å²) in [6.07, 6.45) is -0.296. The van der Waals surface area contributed by atoms with Crippen LogP contribution in [0.3, 0.4) is 0 Å². The van der Waals surface area contributed by atoms with E-state index in [9.17, 15) is 18.0 Å². The first kappa shape index (κ1) is 17.5. The standard InChI is InChI=1S/C17H13F3N4O2/c18-17(19,20)11-3-5-12(6-4-11)24-15-10-21-14(9-22-15)16(25)23-8-13-2-1-7-26-13/h1-7,9-10H,8H2,(H,22,24)(H,23,25). The second-order valence-corrected chi connectivity index (χ2v) is 5.25. The molecule has 0 unspecified atom stereocenters. The number of benzene rings is 1. The van der Waals surface area contributed by atoms with E-state index in [1.165, 1.54) is 30.8 Å². The number of aromatic nitrogens is 2. The Morgan fingerprint density at radius 1 is 1.08 bits per heavy atom. The van der Waals surface area contributed by atoms with Gasteiger partial charge in [-0.2, -0.15) is 13.2 Å². The summed E-state index contributed by atoms with van der Waals surface area (Å²) < 4.78 is 42.7. The number of amides is 1. The summed E-state index contributed by atoms with van der Waals surface area (Å²) in [6.45, 7) is 0.221. The van der Waals surface area contributed by atoms with Gasteiger partial charge in [0.2, 0.25) is 0 Å². The van der Waals surface area contributed by atoms with Gasteiger partial charge in [0.25, 0.3) is 5.91 Å². The maximum Gasteiger partial charge on any atom is 0.416 e. The van der Waals surface area contributed by atoms with Gasteiger partial charge in [-0.05, 0) is 36.4 Å². The molecule has 0 aliphatic heterocycles. The molecule has 0 saturated carbocycles. The first-order valence-corrected chi connectivity index (χ1v) is 7.49. The van der Waals surface area contributed by atoms with Gasteiger partial charge in [-0.1, -0.05) is 0 Å². The molecule has 26 heavy (non-hydrogen) atoms. The monoisotopic (exact) mass is 362 g/mol. The Bertz CT molecular complexity index is 861. The predicted molar refractivity (Wildman–Crippen MR) is 86.6 cm³/mol. The van der Waals surface area contributed by atoms with Gasteiger partial charge in [-0.25, -0.2) is 9.97 Å². The van der Waals surface area contributed by atoms with Crippen LogP contribution in [0, 0.1) is 0 Å². The predicted octanol–water partition coefficient (Wildman–Crippen LogP) is 3.76. The summed E-state index contributed by atoms with van der Waals surface area (Å²) in [6, 6.07) is 7.94. The van der Waals surface area contributed by atoms with Gasteiger partial charge in [-0.3, -0.25) is 4.79 Å². The molecular formula is C17H13F3N4O2. The molecule has 3 aromatic rings. The Morgan fingerprint density at radius 3 is 2.42 bits per heavy atom. The Labute approximate surface area is 146 Å². The number of alkyl halides is 3. The van der Waals surface area contributed by atoms with Gasteiger partial charge in [0.1, 0.15) is 17.3 Å². The largest absolute Gasteiger partial charge is 0.467 e. The fourth-order valence-corrected chi connectivity index (χ4v) is 2.07. The highest BCUT2D eigenvalue weighted by Gasteiger charge is 2.29. The van der Waals surface area contributed by atoms with E-state index in [0.29, 0.717) is 17.3 Å². The second kappa shape index (κ2) is 7.26. The number of anilines is 2. The van der Waals surface area contributed by atoms with Crippen LogP contribution in [0.4, 0.5) is 24.7 Å². The number of carbonyl (C=O) groups excluding carboxylic acids is 1. The summed E-state index contributed by atoms with van der Waals surface area (Å²) in [5.74, 6) is 0.481. The molecule has 0 fully saturated rings. The lowest BCUT2D eigenvalue weighted by molar-refractivity contribution is -0.137. The molecule has 0 aliphatic rings. The van der Waals surface area contributed by atoms with Crippen LogP contribution in [0.5, 0.6) is 0 Å². The average Bonchev–Trinajstić information content (AvgIpc) is 3.13. The molecule has 2 heterocycles. The number of nitrogens with zero attached hydrogens (tertiary/aromatic N) is 2. The normalized spacial score (nSPS) is 11.2. The summed E-state index contributed by atoms with van der Waals surface area (Å²) in [4.78, 5) is 20.0. The maximum atomic E-state index is 12.5. The van der Waals surface area contributed by atoms with E-state index >= 15 is 0 Å². The second-order valence-electron chi connectivity index (χ2n) is 5.25. The van der Waals surface area contributed by atoms with Crippen LogP contribution in [0.1, 0.15) is 21.8 Å². The maximum absolute atomic E-state index is 12.5. The number of halogens is 3. The minimum absolute atomic E-state index is 0.106. The SMILES string of the molecule is O=C(NCc1ccco1)c1cnc(Nc2ccc(C(F)(F)F)cc2)cn1. The molecule has 0 radical (unpaired) electrons. The topological polar surface area (TPSA) is 80.0 Å². The Kier molecular flexibility index (Phi) is 4.87. The summed E-state index contributed by atoms with van der Waals surface area (Å²) in [7, 11) is 0. The van der Waals surface area contributed by atoms with E-state index in [1.807, 2.05) is 0 Å².